The monoisotopic (exact) mass is 473 g/mol. The van der Waals surface area contributed by atoms with E-state index in [1.165, 1.54) is 0 Å². The second kappa shape index (κ2) is 9.57. The molecule has 1 radical (unpaired) electrons. The normalized spacial score (nSPS) is 23.6. The fraction of sp³-hybridized carbons (Fsp3) is 0.462. The van der Waals surface area contributed by atoms with Crippen LogP contribution in [0.2, 0.25) is 5.54 Å². The predicted molar refractivity (Wildman–Crippen MR) is 80.9 cm³/mol. The molecule has 0 spiro atoms. The van der Waals surface area contributed by atoms with E-state index in [4.69, 9.17) is 5.73 Å². The first-order chi connectivity index (χ1) is 10.1. The van der Waals surface area contributed by atoms with Crippen LogP contribution < -0.4 is 128 Å². The molecule has 0 aromatic carbocycles. The summed E-state index contributed by atoms with van der Waals surface area (Å²) in [6.07, 6.45) is 3.33. The van der Waals surface area contributed by atoms with Gasteiger partial charge in [-0.3, -0.25) is 19.5 Å². The van der Waals surface area contributed by atoms with Gasteiger partial charge in [0.2, 0.25) is 5.95 Å². The Morgan fingerprint density at radius 2 is 2.26 bits per heavy atom. The van der Waals surface area contributed by atoms with E-state index in [1.54, 1.807) is 6.33 Å². The fourth-order valence-electron chi connectivity index (χ4n) is 3.21. The number of nitrogen functional groups attached to an aromatic ring is 1. The number of aromatic nitrogens is 4. The zero-order chi connectivity index (χ0) is 15.1. The third kappa shape index (κ3) is 4.33. The van der Waals surface area contributed by atoms with Gasteiger partial charge in [0.1, 0.15) is 0 Å². The van der Waals surface area contributed by atoms with Gasteiger partial charge in [0.05, 0.1) is 12.4 Å². The van der Waals surface area contributed by atoms with Gasteiger partial charge in [-0.05, 0) is 5.92 Å². The minimum Gasteiger partial charge on any atom is -0.634 e. The van der Waals surface area contributed by atoms with Crippen molar-refractivity contribution >= 4 is 26.9 Å². The van der Waals surface area contributed by atoms with Gasteiger partial charge in [0.15, 0.2) is 11.2 Å². The molecule has 3 atom stereocenters. The molecule has 7 nitrogen and oxygen atoms in total. The average Bonchev–Trinajstić information content (AvgIpc) is 2.99. The molecule has 0 saturated heterocycles. The number of nitrogens with one attached hydrogen (secondary N) is 1. The number of hydrogen-bond acceptors (Lipinski definition) is 5. The van der Waals surface area contributed by atoms with E-state index in [2.05, 4.69) is 28.5 Å². The van der Waals surface area contributed by atoms with Crippen molar-refractivity contribution in [1.82, 2.24) is 19.5 Å². The van der Waals surface area contributed by atoms with Gasteiger partial charge in [0.25, 0.3) is 5.56 Å². The van der Waals surface area contributed by atoms with E-state index in [1.807, 2.05) is 4.57 Å². The Hall–Kier alpha value is 1.68. The number of imidazole rings is 1. The SMILES string of the molecule is C=C1[C@H](CC)[C@@H]([Si-]O)C[C@@H]1n1cnc2c(=O)[nH]c(N)nc21.[Rb+].[Rb+]. The van der Waals surface area contributed by atoms with Gasteiger partial charge in [0, 0.05) is 0 Å². The third-order valence-corrected chi connectivity index (χ3v) is 5.23. The predicted octanol–water partition coefficient (Wildman–Crippen LogP) is -5.36. The molecular weight excluding hydrogens is 457 g/mol. The Bertz CT molecular complexity index is 762. The van der Waals surface area contributed by atoms with Crippen molar-refractivity contribution in [3.05, 3.63) is 28.8 Å². The number of nitrogens with zero attached hydrogens (tertiary/aromatic N) is 3. The standard InChI is InChI=1S/C13H17N5O2Si.2Rb/c1-3-7-6(2)8(4-9(7)21-20)18-5-15-10-11(18)16-13(14)17-12(10)19;;/h5,7-9,20H,2-4H2,1H3,(H3,14,16,17,19);;/q-1;2*+1/t7-,8-,9-;;/m0../s1. The Morgan fingerprint density at radius 1 is 1.57 bits per heavy atom. The maximum absolute atomic E-state index is 11.8. The molecule has 0 bridgehead atoms. The zero-order valence-corrected chi connectivity index (χ0v) is 24.5. The molecule has 2 aromatic heterocycles. The van der Waals surface area contributed by atoms with Crippen LogP contribution >= 0.6 is 0 Å². The van der Waals surface area contributed by atoms with Crippen LogP contribution in [0.4, 0.5) is 5.95 Å². The van der Waals surface area contributed by atoms with Crippen LogP contribution in [-0.2, 0) is 0 Å². The number of fused-ring (bicyclic) bond motifs is 1. The van der Waals surface area contributed by atoms with E-state index in [9.17, 15) is 9.59 Å². The number of H-pyrrole nitrogens is 1. The third-order valence-electron chi connectivity index (χ3n) is 4.26. The van der Waals surface area contributed by atoms with Crippen molar-refractivity contribution in [3.63, 3.8) is 0 Å². The summed E-state index contributed by atoms with van der Waals surface area (Å²) < 4.78 is 1.85. The van der Waals surface area contributed by atoms with Crippen molar-refractivity contribution in [2.75, 3.05) is 5.73 Å². The summed E-state index contributed by atoms with van der Waals surface area (Å²) >= 11 is 0. The van der Waals surface area contributed by atoms with Crippen molar-refractivity contribution in [2.45, 2.75) is 31.3 Å². The van der Waals surface area contributed by atoms with Gasteiger partial charge >= 0.3 is 116 Å². The van der Waals surface area contributed by atoms with Crippen LogP contribution in [0.25, 0.3) is 11.2 Å². The molecule has 1 fully saturated rings. The fourth-order valence-corrected chi connectivity index (χ4v) is 4.17. The number of hydrogen-bond donors (Lipinski definition) is 3. The van der Waals surface area contributed by atoms with Crippen molar-refractivity contribution < 1.29 is 121 Å². The molecule has 2 aromatic rings. The number of allylic oxidation sites excluding steroid dienone is 1. The first-order valence-corrected chi connectivity index (χ1v) is 7.89. The quantitative estimate of drug-likeness (QED) is 0.304. The summed E-state index contributed by atoms with van der Waals surface area (Å²) in [5, 5.41) is 0. The van der Waals surface area contributed by atoms with Crippen molar-refractivity contribution in [1.29, 1.82) is 0 Å². The summed E-state index contributed by atoms with van der Waals surface area (Å²) in [6, 6.07) is -0.00157. The Morgan fingerprint density at radius 3 is 2.83 bits per heavy atom. The van der Waals surface area contributed by atoms with Gasteiger partial charge in [-0.15, -0.1) is 0 Å². The molecule has 0 amide bonds. The molecule has 2 heterocycles. The average molecular weight is 474 g/mol. The van der Waals surface area contributed by atoms with Crippen LogP contribution in [0.5, 0.6) is 0 Å². The maximum atomic E-state index is 11.8. The van der Waals surface area contributed by atoms with E-state index < -0.39 is 0 Å². The largest absolute Gasteiger partial charge is 1.00 e. The smallest absolute Gasteiger partial charge is 0.634 e. The minimum absolute atomic E-state index is 0. The molecule has 10 heteroatoms. The molecule has 4 N–H and O–H groups in total. The number of aromatic amines is 1. The molecule has 1 aliphatic rings. The van der Waals surface area contributed by atoms with E-state index in [-0.39, 0.29) is 161 Å². The molecule has 1 saturated carbocycles. The van der Waals surface area contributed by atoms with Crippen LogP contribution in [-0.4, -0.2) is 34.1 Å². The van der Waals surface area contributed by atoms with E-state index >= 15 is 0 Å². The number of nitrogens with two attached hydrogens (primary N) is 1. The summed E-state index contributed by atoms with van der Waals surface area (Å²) in [7, 11) is -0.110. The van der Waals surface area contributed by atoms with Gasteiger partial charge in [-0.2, -0.15) is 10.5 Å². The summed E-state index contributed by atoms with van der Waals surface area (Å²) in [4.78, 5) is 32.2. The number of anilines is 1. The first-order valence-electron chi connectivity index (χ1n) is 6.87. The Labute approximate surface area is 234 Å². The van der Waals surface area contributed by atoms with E-state index in [0.717, 1.165) is 18.4 Å². The van der Waals surface area contributed by atoms with Gasteiger partial charge < -0.3 is 15.1 Å². The molecular formula is C13H17N5O2Rb2Si+. The molecule has 0 aliphatic heterocycles. The summed E-state index contributed by atoms with van der Waals surface area (Å²) in [5.74, 6) is 0.362. The van der Waals surface area contributed by atoms with Crippen LogP contribution in [0.3, 0.4) is 0 Å². The topological polar surface area (TPSA) is 110 Å². The Kier molecular flexibility index (Phi) is 9.45. The summed E-state index contributed by atoms with van der Waals surface area (Å²) in [5.41, 5.74) is 7.30. The van der Waals surface area contributed by atoms with Gasteiger partial charge in [-0.25, -0.2) is 4.98 Å². The zero-order valence-electron chi connectivity index (χ0n) is 13.7. The maximum Gasteiger partial charge on any atom is 1.00 e. The van der Waals surface area contributed by atoms with Crippen molar-refractivity contribution in [2.24, 2.45) is 5.92 Å². The molecule has 0 unspecified atom stereocenters. The van der Waals surface area contributed by atoms with Crippen molar-refractivity contribution in [3.8, 4) is 0 Å². The molecule has 1 aliphatic carbocycles. The van der Waals surface area contributed by atoms with Crippen LogP contribution in [0, 0.1) is 5.92 Å². The molecule has 3 rings (SSSR count). The Balaban J connectivity index is 0.00000132. The molecule has 111 valence electrons. The first kappa shape index (κ1) is 22.7. The minimum atomic E-state index is -0.340. The van der Waals surface area contributed by atoms with Crippen LogP contribution in [0.15, 0.2) is 23.3 Å². The second-order valence-electron chi connectivity index (χ2n) is 5.35. The second-order valence-corrected chi connectivity index (χ2v) is 6.35. The van der Waals surface area contributed by atoms with Crippen LogP contribution in [0.1, 0.15) is 25.8 Å². The van der Waals surface area contributed by atoms with E-state index in [0.29, 0.717) is 5.65 Å². The molecule has 23 heavy (non-hydrogen) atoms. The van der Waals surface area contributed by atoms with Gasteiger partial charge in [-0.1, -0.05) is 31.9 Å². The summed E-state index contributed by atoms with van der Waals surface area (Å²) in [6.45, 7) is 6.29. The number of rotatable bonds is 3.